The number of benzene rings is 2. The molecule has 0 spiro atoms. The summed E-state index contributed by atoms with van der Waals surface area (Å²) in [5.74, 6) is -1.34. The number of hydrogen-bond acceptors (Lipinski definition) is 2. The maximum Gasteiger partial charge on any atom is 0.417 e. The van der Waals surface area contributed by atoms with Gasteiger partial charge in [0.2, 0.25) is 0 Å². The van der Waals surface area contributed by atoms with E-state index in [0.29, 0.717) is 18.7 Å². The van der Waals surface area contributed by atoms with E-state index < -0.39 is 35.1 Å². The Bertz CT molecular complexity index is 952. The van der Waals surface area contributed by atoms with Crippen LogP contribution in [0.3, 0.4) is 0 Å². The molecule has 2 aromatic carbocycles. The zero-order valence-corrected chi connectivity index (χ0v) is 16.4. The van der Waals surface area contributed by atoms with Gasteiger partial charge in [0.05, 0.1) is 16.1 Å². The second-order valence-electron chi connectivity index (χ2n) is 6.74. The molecular weight excluding hydrogens is 426 g/mol. The summed E-state index contributed by atoms with van der Waals surface area (Å²) in [6.07, 6.45) is -4.24. The standard InChI is InChI=1S/C20H18ClF4N3O2/c21-16-12-13(6-7-17(16)22)26-19(30)28-9-3-8-27(10-11-28)18(29)14-4-1-2-5-15(14)20(23,24)25/h1-2,4-7,12H,3,8-11H2,(H,26,30). The van der Waals surface area contributed by atoms with Gasteiger partial charge < -0.3 is 15.1 Å². The van der Waals surface area contributed by atoms with Crippen LogP contribution in [0.5, 0.6) is 0 Å². The zero-order chi connectivity index (χ0) is 21.9. The fourth-order valence-corrected chi connectivity index (χ4v) is 3.37. The SMILES string of the molecule is O=C(Nc1ccc(F)c(Cl)c1)N1CCCN(C(=O)c2ccccc2C(F)(F)F)CC1. The second-order valence-corrected chi connectivity index (χ2v) is 7.14. The van der Waals surface area contributed by atoms with Crippen LogP contribution in [0, 0.1) is 5.82 Å². The zero-order valence-electron chi connectivity index (χ0n) is 15.7. The summed E-state index contributed by atoms with van der Waals surface area (Å²) in [5, 5.41) is 2.46. The van der Waals surface area contributed by atoms with Crippen molar-refractivity contribution in [3.05, 3.63) is 64.4 Å². The Balaban J connectivity index is 1.67. The van der Waals surface area contributed by atoms with Gasteiger partial charge in [0.15, 0.2) is 0 Å². The molecule has 3 rings (SSSR count). The topological polar surface area (TPSA) is 52.7 Å². The van der Waals surface area contributed by atoms with Gasteiger partial charge in [0.25, 0.3) is 5.91 Å². The summed E-state index contributed by atoms with van der Waals surface area (Å²) in [5.41, 5.74) is -1.09. The van der Waals surface area contributed by atoms with Crippen LogP contribution in [-0.4, -0.2) is 47.9 Å². The van der Waals surface area contributed by atoms with Gasteiger partial charge in [0.1, 0.15) is 5.82 Å². The van der Waals surface area contributed by atoms with Crippen molar-refractivity contribution in [3.8, 4) is 0 Å². The Morgan fingerprint density at radius 1 is 0.967 bits per heavy atom. The van der Waals surface area contributed by atoms with Crippen LogP contribution in [0.1, 0.15) is 22.3 Å². The van der Waals surface area contributed by atoms with E-state index in [0.717, 1.165) is 18.2 Å². The van der Waals surface area contributed by atoms with Crippen LogP contribution >= 0.6 is 11.6 Å². The highest BCUT2D eigenvalue weighted by atomic mass is 35.5. The predicted molar refractivity (Wildman–Crippen MR) is 104 cm³/mol. The van der Waals surface area contributed by atoms with Gasteiger partial charge in [-0.3, -0.25) is 4.79 Å². The maximum atomic E-state index is 13.2. The van der Waals surface area contributed by atoms with Gasteiger partial charge >= 0.3 is 12.2 Å². The maximum absolute atomic E-state index is 13.2. The minimum Gasteiger partial charge on any atom is -0.337 e. The first kappa shape index (κ1) is 21.9. The summed E-state index contributed by atoms with van der Waals surface area (Å²) < 4.78 is 52.9. The molecule has 1 saturated heterocycles. The molecule has 2 aromatic rings. The molecule has 160 valence electrons. The second kappa shape index (κ2) is 8.91. The van der Waals surface area contributed by atoms with Gasteiger partial charge in [0, 0.05) is 31.9 Å². The molecule has 0 aromatic heterocycles. The molecule has 0 unspecified atom stereocenters. The number of carbonyl (C=O) groups is 2. The Kier molecular flexibility index (Phi) is 6.50. The monoisotopic (exact) mass is 443 g/mol. The van der Waals surface area contributed by atoms with Crippen LogP contribution in [-0.2, 0) is 6.18 Å². The molecule has 10 heteroatoms. The fourth-order valence-electron chi connectivity index (χ4n) is 3.19. The van der Waals surface area contributed by atoms with E-state index in [1.54, 1.807) is 0 Å². The molecule has 1 fully saturated rings. The highest BCUT2D eigenvalue weighted by molar-refractivity contribution is 6.31. The molecule has 0 radical (unpaired) electrons. The molecule has 1 aliphatic rings. The van der Waals surface area contributed by atoms with Gasteiger partial charge in [-0.2, -0.15) is 13.2 Å². The van der Waals surface area contributed by atoms with Gasteiger partial charge in [-0.15, -0.1) is 0 Å². The summed E-state index contributed by atoms with van der Waals surface area (Å²) in [6.45, 7) is 0.756. The number of rotatable bonds is 2. The summed E-state index contributed by atoms with van der Waals surface area (Å²) in [6, 6.07) is 7.93. The van der Waals surface area contributed by atoms with Crippen molar-refractivity contribution in [1.29, 1.82) is 0 Å². The Labute approximate surface area is 175 Å². The largest absolute Gasteiger partial charge is 0.417 e. The quantitative estimate of drug-likeness (QED) is 0.673. The molecule has 1 aliphatic heterocycles. The minimum absolute atomic E-state index is 0.0859. The van der Waals surface area contributed by atoms with Crippen molar-refractivity contribution in [3.63, 3.8) is 0 Å². The van der Waals surface area contributed by atoms with E-state index in [1.807, 2.05) is 0 Å². The van der Waals surface area contributed by atoms with Crippen molar-refractivity contribution >= 4 is 29.2 Å². The van der Waals surface area contributed by atoms with E-state index in [1.165, 1.54) is 34.1 Å². The van der Waals surface area contributed by atoms with Crippen molar-refractivity contribution in [2.75, 3.05) is 31.5 Å². The Morgan fingerprint density at radius 2 is 1.63 bits per heavy atom. The van der Waals surface area contributed by atoms with Crippen LogP contribution in [0.25, 0.3) is 0 Å². The van der Waals surface area contributed by atoms with E-state index in [4.69, 9.17) is 11.6 Å². The third-order valence-corrected chi connectivity index (χ3v) is 4.99. The number of hydrogen-bond donors (Lipinski definition) is 1. The molecule has 0 aliphatic carbocycles. The number of anilines is 1. The lowest BCUT2D eigenvalue weighted by molar-refractivity contribution is -0.138. The molecule has 1 heterocycles. The lowest BCUT2D eigenvalue weighted by Gasteiger charge is -2.23. The summed E-state index contributed by atoms with van der Waals surface area (Å²) in [4.78, 5) is 27.9. The highest BCUT2D eigenvalue weighted by Gasteiger charge is 2.36. The van der Waals surface area contributed by atoms with E-state index >= 15 is 0 Å². The molecule has 30 heavy (non-hydrogen) atoms. The molecule has 1 N–H and O–H groups in total. The molecule has 5 nitrogen and oxygen atoms in total. The van der Waals surface area contributed by atoms with Gasteiger partial charge in [-0.25, -0.2) is 9.18 Å². The van der Waals surface area contributed by atoms with Crippen LogP contribution in [0.4, 0.5) is 28.0 Å². The average molecular weight is 444 g/mol. The summed E-state index contributed by atoms with van der Waals surface area (Å²) in [7, 11) is 0. The van der Waals surface area contributed by atoms with Crippen LogP contribution in [0.15, 0.2) is 42.5 Å². The predicted octanol–water partition coefficient (Wildman–Crippen LogP) is 4.88. The van der Waals surface area contributed by atoms with Crippen LogP contribution < -0.4 is 5.32 Å². The average Bonchev–Trinajstić information content (AvgIpc) is 2.96. The van der Waals surface area contributed by atoms with E-state index in [2.05, 4.69) is 5.32 Å². The normalized spacial score (nSPS) is 15.0. The van der Waals surface area contributed by atoms with E-state index in [9.17, 15) is 27.2 Å². The third-order valence-electron chi connectivity index (χ3n) is 4.70. The van der Waals surface area contributed by atoms with Crippen LogP contribution in [0.2, 0.25) is 5.02 Å². The lowest BCUT2D eigenvalue weighted by Crippen LogP contribution is -2.39. The number of halogens is 5. The smallest absolute Gasteiger partial charge is 0.337 e. The van der Waals surface area contributed by atoms with Crippen molar-refractivity contribution in [2.45, 2.75) is 12.6 Å². The van der Waals surface area contributed by atoms with Gasteiger partial charge in [-0.1, -0.05) is 23.7 Å². The number of nitrogens with one attached hydrogen (secondary N) is 1. The summed E-state index contributed by atoms with van der Waals surface area (Å²) >= 11 is 5.70. The molecule has 3 amide bonds. The highest BCUT2D eigenvalue weighted by Crippen LogP contribution is 2.32. The first-order valence-corrected chi connectivity index (χ1v) is 9.51. The minimum atomic E-state index is -4.64. The molecule has 0 atom stereocenters. The first-order valence-electron chi connectivity index (χ1n) is 9.13. The van der Waals surface area contributed by atoms with Crippen molar-refractivity contribution in [1.82, 2.24) is 9.80 Å². The number of urea groups is 1. The third kappa shape index (κ3) is 5.02. The van der Waals surface area contributed by atoms with Crippen molar-refractivity contribution in [2.24, 2.45) is 0 Å². The Hall–Kier alpha value is -2.81. The molecule has 0 bridgehead atoms. The van der Waals surface area contributed by atoms with Crippen molar-refractivity contribution < 1.29 is 27.2 Å². The fraction of sp³-hybridized carbons (Fsp3) is 0.300. The molecule has 0 saturated carbocycles. The number of carbonyl (C=O) groups excluding carboxylic acids is 2. The number of amides is 3. The van der Waals surface area contributed by atoms with Gasteiger partial charge in [-0.05, 0) is 36.8 Å². The Morgan fingerprint density at radius 3 is 2.33 bits per heavy atom. The molecular formula is C20H18ClF4N3O2. The van der Waals surface area contributed by atoms with E-state index in [-0.39, 0.29) is 24.7 Å². The lowest BCUT2D eigenvalue weighted by atomic mass is 10.1. The number of alkyl halides is 3. The number of nitrogens with zero attached hydrogens (tertiary/aromatic N) is 2. The first-order chi connectivity index (χ1) is 14.2.